The molecule has 2 aromatic heterocycles. The van der Waals surface area contributed by atoms with Gasteiger partial charge in [0.15, 0.2) is 5.52 Å². The zero-order chi connectivity index (χ0) is 21.3. The van der Waals surface area contributed by atoms with Gasteiger partial charge in [-0.3, -0.25) is 14.8 Å². The number of hydrogen-bond donors (Lipinski definition) is 2. The second-order valence-corrected chi connectivity index (χ2v) is 8.70. The van der Waals surface area contributed by atoms with E-state index in [1.54, 1.807) is 12.1 Å². The van der Waals surface area contributed by atoms with Crippen molar-refractivity contribution in [1.82, 2.24) is 20.5 Å². The molecule has 2 heterocycles. The summed E-state index contributed by atoms with van der Waals surface area (Å²) in [4.78, 5) is 10.5. The van der Waals surface area contributed by atoms with Gasteiger partial charge in [-0.05, 0) is 47.1 Å². The minimum Gasteiger partial charge on any atom is -0.354 e. The molecule has 0 spiro atoms. The Kier molecular flexibility index (Phi) is 5.01. The van der Waals surface area contributed by atoms with Crippen LogP contribution in [0.4, 0.5) is 22.2 Å². The number of fused-ring (bicyclic) bond motifs is 1. The van der Waals surface area contributed by atoms with Crippen molar-refractivity contribution in [2.75, 3.05) is 10.0 Å². The number of nitro groups is 1. The van der Waals surface area contributed by atoms with Crippen LogP contribution < -0.4 is 10.0 Å². The van der Waals surface area contributed by atoms with E-state index in [0.717, 1.165) is 5.01 Å². The van der Waals surface area contributed by atoms with Gasteiger partial charge in [0.25, 0.3) is 10.0 Å². The van der Waals surface area contributed by atoms with Crippen molar-refractivity contribution < 1.29 is 18.0 Å². The summed E-state index contributed by atoms with van der Waals surface area (Å²) in [5.74, 6) is 0. The molecule has 14 heteroatoms. The summed E-state index contributed by atoms with van der Waals surface area (Å²) >= 11 is 1.17. The van der Waals surface area contributed by atoms with Gasteiger partial charge in [0.05, 0.1) is 15.5 Å². The van der Waals surface area contributed by atoms with Crippen molar-refractivity contribution in [2.24, 2.45) is 0 Å². The Labute approximate surface area is 173 Å². The number of anilines is 3. The third kappa shape index (κ3) is 3.77. The molecule has 0 aliphatic carbocycles. The normalized spacial score (nSPS) is 11.5. The van der Waals surface area contributed by atoms with Crippen molar-refractivity contribution in [3.05, 3.63) is 51.5 Å². The van der Waals surface area contributed by atoms with E-state index in [0.29, 0.717) is 17.8 Å². The average Bonchev–Trinajstić information content (AvgIpc) is 3.37. The first-order valence-electron chi connectivity index (χ1n) is 8.49. The lowest BCUT2D eigenvalue weighted by Gasteiger charge is -2.08. The van der Waals surface area contributed by atoms with Crippen LogP contribution >= 0.6 is 11.3 Å². The van der Waals surface area contributed by atoms with Gasteiger partial charge in [0.1, 0.15) is 5.01 Å². The number of nitrogens with one attached hydrogen (secondary N) is 2. The molecule has 0 bridgehead atoms. The molecule has 12 nitrogen and oxygen atoms in total. The van der Waals surface area contributed by atoms with Crippen molar-refractivity contribution in [1.29, 1.82) is 0 Å². The molecule has 4 rings (SSSR count). The molecule has 2 N–H and O–H groups in total. The first-order valence-corrected chi connectivity index (χ1v) is 10.8. The smallest absolute Gasteiger partial charge is 0.300 e. The van der Waals surface area contributed by atoms with Crippen LogP contribution in [0.2, 0.25) is 0 Å². The Morgan fingerprint density at radius 2 is 1.83 bits per heavy atom. The van der Waals surface area contributed by atoms with Gasteiger partial charge >= 0.3 is 5.69 Å². The van der Waals surface area contributed by atoms with Crippen LogP contribution in [0, 0.1) is 10.1 Å². The van der Waals surface area contributed by atoms with Gasteiger partial charge in [0, 0.05) is 11.8 Å². The summed E-state index contributed by atoms with van der Waals surface area (Å²) < 4.78 is 32.1. The number of hydrogen-bond acceptors (Lipinski definition) is 11. The molecule has 154 valence electrons. The van der Waals surface area contributed by atoms with Crippen LogP contribution in [0.15, 0.2) is 45.9 Å². The quantitative estimate of drug-likeness (QED) is 0.317. The molecular weight excluding hydrogens is 434 g/mol. The lowest BCUT2D eigenvalue weighted by atomic mass is 10.2. The number of non-ortho nitro benzene ring substituents is 1. The third-order valence-electron chi connectivity index (χ3n) is 4.03. The SMILES string of the molecule is CCc1nnc(NS(=O)(=O)c2ccc(Nc3ccc([N+](=O)[O-])c4nonc34)cc2)s1. The number of nitrogens with zero attached hydrogens (tertiary/aromatic N) is 5. The average molecular weight is 447 g/mol. The molecule has 2 aromatic carbocycles. The van der Waals surface area contributed by atoms with Crippen LogP contribution in [0.5, 0.6) is 0 Å². The lowest BCUT2D eigenvalue weighted by molar-refractivity contribution is -0.383. The highest BCUT2D eigenvalue weighted by Gasteiger charge is 2.20. The van der Waals surface area contributed by atoms with E-state index in [4.69, 9.17) is 0 Å². The van der Waals surface area contributed by atoms with Crippen molar-refractivity contribution in [2.45, 2.75) is 18.2 Å². The van der Waals surface area contributed by atoms with E-state index >= 15 is 0 Å². The predicted molar refractivity (Wildman–Crippen MR) is 108 cm³/mol. The van der Waals surface area contributed by atoms with Gasteiger partial charge in [-0.1, -0.05) is 18.3 Å². The number of rotatable bonds is 7. The standard InChI is InChI=1S/C16H13N7O5S2/c1-2-13-18-19-16(29-13)22-30(26,27)10-5-3-9(4-6-10)17-11-7-8-12(23(24)25)15-14(11)20-28-21-15/h3-8,17H,2H2,1H3,(H,19,22). The van der Waals surface area contributed by atoms with Crippen molar-refractivity contribution in [3.8, 4) is 0 Å². The van der Waals surface area contributed by atoms with E-state index in [9.17, 15) is 18.5 Å². The maximum absolute atomic E-state index is 12.5. The molecule has 0 aliphatic rings. The molecule has 0 atom stereocenters. The first kappa shape index (κ1) is 19.7. The Morgan fingerprint density at radius 3 is 2.50 bits per heavy atom. The number of benzene rings is 2. The van der Waals surface area contributed by atoms with E-state index in [-0.39, 0.29) is 26.7 Å². The van der Waals surface area contributed by atoms with E-state index in [1.165, 1.54) is 35.6 Å². The summed E-state index contributed by atoms with van der Waals surface area (Å²) in [5.41, 5.74) is 0.928. The number of sulfonamides is 1. The van der Waals surface area contributed by atoms with Gasteiger partial charge in [-0.25, -0.2) is 13.0 Å². The Morgan fingerprint density at radius 1 is 1.10 bits per heavy atom. The lowest BCUT2D eigenvalue weighted by Crippen LogP contribution is -2.12. The number of aromatic nitrogens is 4. The summed E-state index contributed by atoms with van der Waals surface area (Å²) in [7, 11) is -3.82. The molecule has 0 radical (unpaired) electrons. The maximum atomic E-state index is 12.5. The molecule has 30 heavy (non-hydrogen) atoms. The fraction of sp³-hybridized carbons (Fsp3) is 0.125. The fourth-order valence-corrected chi connectivity index (χ4v) is 4.50. The topological polar surface area (TPSA) is 166 Å². The monoisotopic (exact) mass is 447 g/mol. The van der Waals surface area contributed by atoms with Gasteiger partial charge < -0.3 is 5.32 Å². The summed E-state index contributed by atoms with van der Waals surface area (Å²) in [5, 5.41) is 30.0. The van der Waals surface area contributed by atoms with Crippen LogP contribution in [-0.2, 0) is 16.4 Å². The fourth-order valence-electron chi connectivity index (χ4n) is 2.59. The van der Waals surface area contributed by atoms with E-state index < -0.39 is 14.9 Å². The molecule has 0 saturated carbocycles. The highest BCUT2D eigenvalue weighted by molar-refractivity contribution is 7.93. The predicted octanol–water partition coefficient (Wildman–Crippen LogP) is 3.09. The number of aryl methyl sites for hydroxylation is 1. The Hall–Kier alpha value is -3.65. The molecule has 4 aromatic rings. The van der Waals surface area contributed by atoms with Crippen LogP contribution in [0.25, 0.3) is 11.0 Å². The Balaban J connectivity index is 1.55. The van der Waals surface area contributed by atoms with Crippen LogP contribution in [-0.4, -0.2) is 33.9 Å². The molecule has 0 aliphatic heterocycles. The second kappa shape index (κ2) is 7.64. The molecule has 0 fully saturated rings. The van der Waals surface area contributed by atoms with Crippen molar-refractivity contribution in [3.63, 3.8) is 0 Å². The highest BCUT2D eigenvalue weighted by Crippen LogP contribution is 2.31. The highest BCUT2D eigenvalue weighted by atomic mass is 32.2. The minimum atomic E-state index is -3.82. The zero-order valence-corrected chi connectivity index (χ0v) is 16.9. The molecule has 0 amide bonds. The van der Waals surface area contributed by atoms with E-state index in [2.05, 4.69) is 35.2 Å². The minimum absolute atomic E-state index is 0.0110. The molecular formula is C16H13N7O5S2. The summed E-state index contributed by atoms with van der Waals surface area (Å²) in [6.45, 7) is 1.90. The Bertz CT molecular complexity index is 1330. The number of nitro benzene ring substituents is 1. The molecule has 0 unspecified atom stereocenters. The maximum Gasteiger partial charge on any atom is 0.300 e. The largest absolute Gasteiger partial charge is 0.354 e. The van der Waals surface area contributed by atoms with Gasteiger partial charge in [-0.2, -0.15) is 0 Å². The summed E-state index contributed by atoms with van der Waals surface area (Å²) in [6, 6.07) is 8.67. The third-order valence-corrected chi connectivity index (χ3v) is 6.49. The van der Waals surface area contributed by atoms with Gasteiger partial charge in [0.2, 0.25) is 10.6 Å². The summed E-state index contributed by atoms with van der Waals surface area (Å²) in [6.07, 6.45) is 0.663. The van der Waals surface area contributed by atoms with Crippen LogP contribution in [0.3, 0.4) is 0 Å². The zero-order valence-electron chi connectivity index (χ0n) is 15.3. The first-order chi connectivity index (χ1) is 14.4. The van der Waals surface area contributed by atoms with Crippen molar-refractivity contribution >= 4 is 54.6 Å². The molecule has 0 saturated heterocycles. The van der Waals surface area contributed by atoms with Crippen LogP contribution in [0.1, 0.15) is 11.9 Å². The second-order valence-electron chi connectivity index (χ2n) is 5.96. The van der Waals surface area contributed by atoms with E-state index in [1.807, 2.05) is 6.92 Å². The van der Waals surface area contributed by atoms with Gasteiger partial charge in [-0.15, -0.1) is 10.2 Å².